The monoisotopic (exact) mass is 354 g/mol. The Labute approximate surface area is 141 Å². The van der Waals surface area contributed by atoms with Gasteiger partial charge in [-0.1, -0.05) is 6.92 Å². The number of guanidine groups is 1. The van der Waals surface area contributed by atoms with Crippen LogP contribution >= 0.6 is 0 Å². The molecule has 8 nitrogen and oxygen atoms in total. The molecule has 0 saturated carbocycles. The number of nitrogens with two attached hydrogens (primary N) is 1. The van der Waals surface area contributed by atoms with E-state index in [4.69, 9.17) is 5.73 Å². The maximum absolute atomic E-state index is 12.2. The number of nitro benzene ring substituents is 1. The summed E-state index contributed by atoms with van der Waals surface area (Å²) in [4.78, 5) is 16.2. The molecule has 1 aliphatic rings. The van der Waals surface area contributed by atoms with Gasteiger partial charge in [-0.05, 0) is 30.9 Å². The molecule has 0 bridgehead atoms. The number of non-ortho nitro benzene ring substituents is 1. The Morgan fingerprint density at radius 1 is 1.42 bits per heavy atom. The lowest BCUT2D eigenvalue weighted by molar-refractivity contribution is -0.384. The smallest absolute Gasteiger partial charge is 0.269 e. The Hall–Kier alpha value is -2.16. The van der Waals surface area contributed by atoms with Gasteiger partial charge < -0.3 is 10.6 Å². The molecule has 0 radical (unpaired) electrons. The molecule has 1 fully saturated rings. The van der Waals surface area contributed by atoms with Crippen molar-refractivity contribution < 1.29 is 13.3 Å². The second-order valence-corrected chi connectivity index (χ2v) is 8.11. The van der Waals surface area contributed by atoms with Crippen LogP contribution in [0.4, 0.5) is 5.69 Å². The minimum absolute atomic E-state index is 0.0495. The highest BCUT2D eigenvalue weighted by molar-refractivity contribution is 7.91. The highest BCUT2D eigenvalue weighted by Crippen LogP contribution is 2.17. The second kappa shape index (κ2) is 7.61. The van der Waals surface area contributed by atoms with E-state index < -0.39 is 14.8 Å². The fourth-order valence-corrected chi connectivity index (χ4v) is 3.79. The average Bonchev–Trinajstić information content (AvgIpc) is 2.54. The number of nitrogens with zero attached hydrogens (tertiary/aromatic N) is 3. The van der Waals surface area contributed by atoms with Crippen LogP contribution in [0.1, 0.15) is 19.8 Å². The van der Waals surface area contributed by atoms with Gasteiger partial charge in [-0.3, -0.25) is 15.1 Å². The highest BCUT2D eigenvalue weighted by atomic mass is 32.2. The van der Waals surface area contributed by atoms with E-state index in [0.717, 1.165) is 25.9 Å². The van der Waals surface area contributed by atoms with E-state index in [-0.39, 0.29) is 22.9 Å². The lowest BCUT2D eigenvalue weighted by Gasteiger charge is -2.31. The first kappa shape index (κ1) is 18.2. The van der Waals surface area contributed by atoms with E-state index in [1.807, 2.05) is 4.90 Å². The molecule has 9 heteroatoms. The summed E-state index contributed by atoms with van der Waals surface area (Å²) in [6.07, 6.45) is 2.22. The Kier molecular flexibility index (Phi) is 5.76. The molecule has 0 aromatic heterocycles. The maximum Gasteiger partial charge on any atom is 0.269 e. The molecule has 1 aromatic rings. The Balaban J connectivity index is 1.96. The lowest BCUT2D eigenvalue weighted by atomic mass is 10.0. The zero-order chi connectivity index (χ0) is 17.7. The average molecular weight is 354 g/mol. The highest BCUT2D eigenvalue weighted by Gasteiger charge is 2.19. The molecule has 1 heterocycles. The number of hydrogen-bond acceptors (Lipinski definition) is 5. The van der Waals surface area contributed by atoms with Crippen LogP contribution in [-0.4, -0.2) is 49.6 Å². The molecule has 1 unspecified atom stereocenters. The molecule has 1 aliphatic heterocycles. The quantitative estimate of drug-likeness (QED) is 0.369. The first-order valence-corrected chi connectivity index (χ1v) is 9.47. The third-order valence-corrected chi connectivity index (χ3v) is 5.73. The summed E-state index contributed by atoms with van der Waals surface area (Å²) in [6.45, 7) is 3.90. The molecular weight excluding hydrogens is 332 g/mol. The number of rotatable bonds is 5. The molecule has 0 amide bonds. The van der Waals surface area contributed by atoms with E-state index in [2.05, 4.69) is 11.9 Å². The number of sulfone groups is 1. The predicted molar refractivity (Wildman–Crippen MR) is 91.6 cm³/mol. The normalized spacial score (nSPS) is 19.3. The van der Waals surface area contributed by atoms with Gasteiger partial charge in [0.2, 0.25) is 0 Å². The van der Waals surface area contributed by atoms with Gasteiger partial charge in [0, 0.05) is 25.2 Å². The number of hydrogen-bond donors (Lipinski definition) is 1. The van der Waals surface area contributed by atoms with Crippen molar-refractivity contribution >= 4 is 21.5 Å². The number of likely N-dealkylation sites (tertiary alicyclic amines) is 1. The molecule has 24 heavy (non-hydrogen) atoms. The van der Waals surface area contributed by atoms with Crippen molar-refractivity contribution in [2.45, 2.75) is 24.7 Å². The molecule has 1 saturated heterocycles. The molecule has 0 spiro atoms. The molecule has 0 aliphatic carbocycles. The van der Waals surface area contributed by atoms with Crippen LogP contribution in [0.3, 0.4) is 0 Å². The summed E-state index contributed by atoms with van der Waals surface area (Å²) in [6, 6.07) is 4.85. The van der Waals surface area contributed by atoms with Crippen molar-refractivity contribution in [2.75, 3.05) is 25.4 Å². The van der Waals surface area contributed by atoms with E-state index in [1.165, 1.54) is 24.3 Å². The zero-order valence-electron chi connectivity index (χ0n) is 13.6. The predicted octanol–water partition coefficient (Wildman–Crippen LogP) is 1.42. The van der Waals surface area contributed by atoms with Crippen LogP contribution in [0.15, 0.2) is 34.2 Å². The van der Waals surface area contributed by atoms with Gasteiger partial charge in [0.05, 0.1) is 22.1 Å². The maximum atomic E-state index is 12.2. The summed E-state index contributed by atoms with van der Waals surface area (Å²) in [7, 11) is -3.54. The summed E-state index contributed by atoms with van der Waals surface area (Å²) in [5.41, 5.74) is 5.79. The second-order valence-electron chi connectivity index (χ2n) is 6.00. The first-order chi connectivity index (χ1) is 11.3. The summed E-state index contributed by atoms with van der Waals surface area (Å²) >= 11 is 0. The van der Waals surface area contributed by atoms with Gasteiger partial charge in [-0.2, -0.15) is 0 Å². The number of nitro groups is 1. The SMILES string of the molecule is CC1CCCN(C(N)=NCCS(=O)(=O)c2ccc([N+](=O)[O-])cc2)C1. The number of piperidine rings is 1. The van der Waals surface area contributed by atoms with Gasteiger partial charge in [0.25, 0.3) is 5.69 Å². The third kappa shape index (κ3) is 4.67. The van der Waals surface area contributed by atoms with Crippen LogP contribution in [0.2, 0.25) is 0 Å². The van der Waals surface area contributed by atoms with Crippen molar-refractivity contribution in [2.24, 2.45) is 16.6 Å². The zero-order valence-corrected chi connectivity index (χ0v) is 14.4. The number of benzene rings is 1. The summed E-state index contributed by atoms with van der Waals surface area (Å²) in [5, 5.41) is 10.6. The fraction of sp³-hybridized carbons (Fsp3) is 0.533. The van der Waals surface area contributed by atoms with E-state index in [0.29, 0.717) is 11.9 Å². The van der Waals surface area contributed by atoms with E-state index in [9.17, 15) is 18.5 Å². The Morgan fingerprint density at radius 3 is 2.67 bits per heavy atom. The minimum Gasteiger partial charge on any atom is -0.370 e. The van der Waals surface area contributed by atoms with Crippen LogP contribution in [0, 0.1) is 16.0 Å². The topological polar surface area (TPSA) is 119 Å². The molecule has 2 N–H and O–H groups in total. The lowest BCUT2D eigenvalue weighted by Crippen LogP contribution is -2.43. The van der Waals surface area contributed by atoms with Gasteiger partial charge >= 0.3 is 0 Å². The van der Waals surface area contributed by atoms with Crippen LogP contribution < -0.4 is 5.73 Å². The van der Waals surface area contributed by atoms with Gasteiger partial charge in [0.15, 0.2) is 15.8 Å². The third-order valence-electron chi connectivity index (χ3n) is 4.02. The van der Waals surface area contributed by atoms with E-state index >= 15 is 0 Å². The van der Waals surface area contributed by atoms with Crippen LogP contribution in [0.5, 0.6) is 0 Å². The van der Waals surface area contributed by atoms with Crippen molar-refractivity contribution in [3.8, 4) is 0 Å². The molecule has 2 rings (SSSR count). The number of aliphatic imine (C=N–C) groups is 1. The van der Waals surface area contributed by atoms with Gasteiger partial charge in [-0.25, -0.2) is 8.42 Å². The van der Waals surface area contributed by atoms with Crippen molar-refractivity contribution in [3.05, 3.63) is 34.4 Å². The Bertz CT molecular complexity index is 715. The molecule has 1 aromatic carbocycles. The van der Waals surface area contributed by atoms with Crippen LogP contribution in [-0.2, 0) is 9.84 Å². The van der Waals surface area contributed by atoms with E-state index in [1.54, 1.807) is 0 Å². The summed E-state index contributed by atoms with van der Waals surface area (Å²) < 4.78 is 24.5. The van der Waals surface area contributed by atoms with Crippen molar-refractivity contribution in [3.63, 3.8) is 0 Å². The first-order valence-electron chi connectivity index (χ1n) is 7.81. The van der Waals surface area contributed by atoms with Crippen LogP contribution in [0.25, 0.3) is 0 Å². The minimum atomic E-state index is -3.54. The van der Waals surface area contributed by atoms with Gasteiger partial charge in [0.1, 0.15) is 0 Å². The summed E-state index contributed by atoms with van der Waals surface area (Å²) in [5.74, 6) is 0.742. The largest absolute Gasteiger partial charge is 0.370 e. The molecule has 132 valence electrons. The molecule has 1 atom stereocenters. The Morgan fingerprint density at radius 2 is 2.08 bits per heavy atom. The van der Waals surface area contributed by atoms with Gasteiger partial charge in [-0.15, -0.1) is 0 Å². The fourth-order valence-electron chi connectivity index (χ4n) is 2.67. The standard InChI is InChI=1S/C15H22N4O4S/c1-12-3-2-9-18(11-12)15(16)17-8-10-24(22,23)14-6-4-13(5-7-14)19(20)21/h4-7,12H,2-3,8-11H2,1H3,(H2,16,17). The molecular formula is C15H22N4O4S. The van der Waals surface area contributed by atoms with Crippen molar-refractivity contribution in [1.82, 2.24) is 4.90 Å². The van der Waals surface area contributed by atoms with Crippen molar-refractivity contribution in [1.29, 1.82) is 0 Å².